The van der Waals surface area contributed by atoms with Crippen LogP contribution in [0.4, 0.5) is 0 Å². The minimum atomic E-state index is -0.00799. The van der Waals surface area contributed by atoms with Crippen molar-refractivity contribution < 1.29 is 30.4 Å². The van der Waals surface area contributed by atoms with Gasteiger partial charge < -0.3 is 13.9 Å². The van der Waals surface area contributed by atoms with E-state index < -0.39 is 0 Å². The first-order valence-corrected chi connectivity index (χ1v) is 20.7. The summed E-state index contributed by atoms with van der Waals surface area (Å²) in [6.07, 6.45) is 11.8. The van der Waals surface area contributed by atoms with Crippen LogP contribution >= 0.6 is 0 Å². The molecule has 3 aliphatic rings. The van der Waals surface area contributed by atoms with Gasteiger partial charge in [0.2, 0.25) is 0 Å². The maximum Gasteiger partial charge on any atom is 0.268 e. The van der Waals surface area contributed by atoms with E-state index in [2.05, 4.69) is 166 Å². The summed E-state index contributed by atoms with van der Waals surface area (Å²) in [5.74, 6) is 2.25. The number of benzene rings is 7. The molecule has 7 aromatic carbocycles. The van der Waals surface area contributed by atoms with Crippen molar-refractivity contribution in [2.24, 2.45) is 0 Å². The number of hydrogen-bond donors (Lipinski definition) is 0. The van der Waals surface area contributed by atoms with Gasteiger partial charge in [-0.3, -0.25) is 4.57 Å². The Hall–Kier alpha value is -6.55. The van der Waals surface area contributed by atoms with Crippen molar-refractivity contribution in [3.05, 3.63) is 187 Å². The molecule has 1 spiro atoms. The molecule has 1 saturated carbocycles. The molecule has 6 heteroatoms. The van der Waals surface area contributed by atoms with Crippen LogP contribution in [0, 0.1) is 18.5 Å². The number of para-hydroxylation sites is 3. The number of pyridine rings is 1. The average Bonchev–Trinajstić information content (AvgIpc) is 3.86. The van der Waals surface area contributed by atoms with Crippen molar-refractivity contribution in [1.82, 2.24) is 14.1 Å². The molecule has 0 radical (unpaired) electrons. The van der Waals surface area contributed by atoms with E-state index in [0.717, 1.165) is 63.1 Å². The van der Waals surface area contributed by atoms with Crippen LogP contribution < -0.4 is 9.30 Å². The molecule has 0 amide bonds. The molecule has 13 rings (SSSR count). The zero-order valence-corrected chi connectivity index (χ0v) is 34.8. The molecular formula is C54H36N4OPt-2. The fourth-order valence-corrected chi connectivity index (χ4v) is 10.7. The van der Waals surface area contributed by atoms with Crippen molar-refractivity contribution in [1.29, 1.82) is 0 Å². The third kappa shape index (κ3) is 4.96. The van der Waals surface area contributed by atoms with Crippen LogP contribution in [-0.4, -0.2) is 14.1 Å². The van der Waals surface area contributed by atoms with Crippen LogP contribution in [0.5, 0.6) is 11.5 Å². The Morgan fingerprint density at radius 2 is 1.23 bits per heavy atom. The van der Waals surface area contributed by atoms with Crippen molar-refractivity contribution >= 4 is 32.8 Å². The van der Waals surface area contributed by atoms with Gasteiger partial charge in [0.05, 0.1) is 16.7 Å². The van der Waals surface area contributed by atoms with Gasteiger partial charge in [-0.05, 0) is 75.0 Å². The standard InChI is InChI=1S/C54H36N4O.Pt/c1-8-29-54(30-9-1)46-23-11-21-45-43-28-27-37(33-50(43)58(51(45)46)53-47(54)24-13-31-55-53)59-36-15-10-14-35(32-36)56-34-57-48-25-7-6-20-42(48)40-18-4-2-16-38(40)39-17-3-5-19-41(39)44-22-12-26-49(56)52(44)57;/h2-7,10-28,31H,1,8-9,29-30H2;/q-2;. The van der Waals surface area contributed by atoms with Gasteiger partial charge in [-0.25, -0.2) is 4.98 Å². The molecule has 0 bridgehead atoms. The molecule has 3 aromatic heterocycles. The van der Waals surface area contributed by atoms with E-state index >= 15 is 0 Å². The topological polar surface area (TPSA) is 35.9 Å². The molecule has 290 valence electrons. The molecule has 2 aliphatic heterocycles. The zero-order valence-electron chi connectivity index (χ0n) is 32.6. The van der Waals surface area contributed by atoms with Crippen LogP contribution in [0.15, 0.2) is 158 Å². The van der Waals surface area contributed by atoms with Gasteiger partial charge >= 0.3 is 0 Å². The molecule has 10 aromatic rings. The summed E-state index contributed by atoms with van der Waals surface area (Å²) in [6, 6.07) is 61.5. The first-order valence-electron chi connectivity index (χ1n) is 20.7. The molecular weight excluding hydrogens is 916 g/mol. The Morgan fingerprint density at radius 1 is 0.567 bits per heavy atom. The van der Waals surface area contributed by atoms with E-state index in [-0.39, 0.29) is 26.5 Å². The van der Waals surface area contributed by atoms with E-state index in [0.29, 0.717) is 11.5 Å². The summed E-state index contributed by atoms with van der Waals surface area (Å²) >= 11 is 0. The molecule has 5 nitrogen and oxygen atoms in total. The van der Waals surface area contributed by atoms with Crippen molar-refractivity contribution in [3.63, 3.8) is 0 Å². The van der Waals surface area contributed by atoms with E-state index in [1.807, 2.05) is 24.4 Å². The Bertz CT molecular complexity index is 3370. The number of fused-ring (bicyclic) bond motifs is 14. The normalized spacial score (nSPS) is 14.3. The summed E-state index contributed by atoms with van der Waals surface area (Å²) in [4.78, 5) is 5.06. The Morgan fingerprint density at radius 3 is 2.05 bits per heavy atom. The maximum atomic E-state index is 6.69. The summed E-state index contributed by atoms with van der Waals surface area (Å²) in [7, 11) is 0. The quantitative estimate of drug-likeness (QED) is 0.131. The second-order valence-electron chi connectivity index (χ2n) is 16.2. The summed E-state index contributed by atoms with van der Waals surface area (Å²) in [6.45, 7) is 0. The van der Waals surface area contributed by atoms with Gasteiger partial charge in [0, 0.05) is 55.3 Å². The summed E-state index contributed by atoms with van der Waals surface area (Å²) in [5.41, 5.74) is 16.1. The van der Waals surface area contributed by atoms with Crippen LogP contribution in [0.3, 0.4) is 0 Å². The molecule has 1 fully saturated rings. The maximum absolute atomic E-state index is 6.69. The third-order valence-corrected chi connectivity index (χ3v) is 13.2. The average molecular weight is 952 g/mol. The van der Waals surface area contributed by atoms with Crippen LogP contribution in [-0.2, 0) is 26.5 Å². The van der Waals surface area contributed by atoms with Gasteiger partial charge in [0.25, 0.3) is 6.33 Å². The first kappa shape index (κ1) is 35.4. The van der Waals surface area contributed by atoms with Gasteiger partial charge in [0.1, 0.15) is 5.82 Å². The van der Waals surface area contributed by atoms with Crippen molar-refractivity contribution in [2.75, 3.05) is 0 Å². The van der Waals surface area contributed by atoms with E-state index in [4.69, 9.17) is 9.72 Å². The van der Waals surface area contributed by atoms with Crippen LogP contribution in [0.1, 0.15) is 43.2 Å². The first-order chi connectivity index (χ1) is 29.2. The monoisotopic (exact) mass is 951 g/mol. The summed E-state index contributed by atoms with van der Waals surface area (Å²) in [5, 5.41) is 2.40. The predicted octanol–water partition coefficient (Wildman–Crippen LogP) is 12.5. The molecule has 0 saturated heterocycles. The van der Waals surface area contributed by atoms with E-state index in [9.17, 15) is 0 Å². The number of rotatable bonds is 3. The summed E-state index contributed by atoms with van der Waals surface area (Å²) < 4.78 is 13.4. The van der Waals surface area contributed by atoms with Crippen molar-refractivity contribution in [3.8, 4) is 62.1 Å². The fraction of sp³-hybridized carbons (Fsp3) is 0.111. The zero-order chi connectivity index (χ0) is 38.7. The minimum Gasteiger partial charge on any atom is -0.510 e. The number of imidazole rings is 1. The SMILES string of the molecule is [Pt].[c-]1c(Oc2[c-]c3c(cc2)c2cccc4c2n3-c2ncccc2C42CCCCC2)cccc1-n1[c-][n+]2c3c(cccc31)-c1ccccc1-c1ccccc1-c1ccccc1-2. The Labute approximate surface area is 362 Å². The van der Waals surface area contributed by atoms with Gasteiger partial charge in [-0.2, -0.15) is 18.2 Å². The van der Waals surface area contributed by atoms with Crippen LogP contribution in [0.25, 0.3) is 83.4 Å². The molecule has 0 N–H and O–H groups in total. The van der Waals surface area contributed by atoms with E-state index in [1.165, 1.54) is 63.5 Å². The van der Waals surface area contributed by atoms with Gasteiger partial charge in [-0.1, -0.05) is 134 Å². The van der Waals surface area contributed by atoms with Crippen LogP contribution in [0.2, 0.25) is 0 Å². The van der Waals surface area contributed by atoms with Gasteiger partial charge in [0.15, 0.2) is 0 Å². The smallest absolute Gasteiger partial charge is 0.268 e. The van der Waals surface area contributed by atoms with E-state index in [1.54, 1.807) is 0 Å². The second-order valence-corrected chi connectivity index (χ2v) is 16.2. The fourth-order valence-electron chi connectivity index (χ4n) is 10.7. The van der Waals surface area contributed by atoms with Gasteiger partial charge in [-0.15, -0.1) is 29.7 Å². The number of nitrogens with zero attached hydrogens (tertiary/aromatic N) is 4. The molecule has 5 heterocycles. The molecule has 60 heavy (non-hydrogen) atoms. The molecule has 0 unspecified atom stereocenters. The minimum absolute atomic E-state index is 0. The Balaban J connectivity index is 0.00000388. The Kier molecular flexibility index (Phi) is 7.96. The molecule has 1 aliphatic carbocycles. The predicted molar refractivity (Wildman–Crippen MR) is 234 cm³/mol. The number of hydrogen-bond acceptors (Lipinski definition) is 2. The number of aromatic nitrogens is 4. The molecule has 0 atom stereocenters. The number of ether oxygens (including phenoxy) is 1. The largest absolute Gasteiger partial charge is 0.510 e. The van der Waals surface area contributed by atoms with Crippen molar-refractivity contribution in [2.45, 2.75) is 37.5 Å². The second kappa shape index (κ2) is 13.5. The third-order valence-electron chi connectivity index (χ3n) is 13.2.